The van der Waals surface area contributed by atoms with Gasteiger partial charge in [0.1, 0.15) is 0 Å². The number of hydroxylamine groups is 2. The first-order valence-electron chi connectivity index (χ1n) is 5.01. The van der Waals surface area contributed by atoms with Gasteiger partial charge in [0.15, 0.2) is 0 Å². The van der Waals surface area contributed by atoms with Crippen molar-refractivity contribution in [3.8, 4) is 0 Å². The summed E-state index contributed by atoms with van der Waals surface area (Å²) in [5, 5.41) is 1.04. The van der Waals surface area contributed by atoms with Crippen LogP contribution in [0.15, 0.2) is 0 Å². The summed E-state index contributed by atoms with van der Waals surface area (Å²) in [6, 6.07) is 0. The second kappa shape index (κ2) is 3.88. The minimum absolute atomic E-state index is 0.199. The molecule has 0 atom stereocenters. The van der Waals surface area contributed by atoms with Gasteiger partial charge in [-0.25, -0.2) is 9.69 Å². The van der Waals surface area contributed by atoms with Gasteiger partial charge in [0.05, 0.1) is 6.54 Å². The number of amides is 3. The van der Waals surface area contributed by atoms with Crippen molar-refractivity contribution in [2.75, 3.05) is 13.1 Å². The quantitative estimate of drug-likeness (QED) is 0.626. The molecule has 2 heterocycles. The Morgan fingerprint density at radius 2 is 1.73 bits per heavy atom. The van der Waals surface area contributed by atoms with Gasteiger partial charge in [-0.2, -0.15) is 5.06 Å². The molecule has 15 heavy (non-hydrogen) atoms. The summed E-state index contributed by atoms with van der Waals surface area (Å²) in [7, 11) is 0. The van der Waals surface area contributed by atoms with Crippen molar-refractivity contribution in [3.05, 3.63) is 0 Å². The van der Waals surface area contributed by atoms with E-state index < -0.39 is 6.09 Å². The van der Waals surface area contributed by atoms with E-state index in [1.54, 1.807) is 0 Å². The maximum absolute atomic E-state index is 11.4. The lowest BCUT2D eigenvalue weighted by molar-refractivity contribution is -0.161. The Labute approximate surface area is 86.7 Å². The summed E-state index contributed by atoms with van der Waals surface area (Å²) >= 11 is 0. The van der Waals surface area contributed by atoms with Crippen LogP contribution in [0.1, 0.15) is 25.7 Å². The van der Waals surface area contributed by atoms with Crippen molar-refractivity contribution in [2.45, 2.75) is 25.7 Å². The number of hydrogen-bond donors (Lipinski definition) is 0. The maximum atomic E-state index is 11.4. The number of nitrogens with zero attached hydrogens (tertiary/aromatic N) is 2. The molecule has 2 aliphatic rings. The average molecular weight is 212 g/mol. The van der Waals surface area contributed by atoms with E-state index in [1.165, 1.54) is 0 Å². The second-order valence-electron chi connectivity index (χ2n) is 3.61. The third-order valence-electron chi connectivity index (χ3n) is 2.51. The standard InChI is InChI=1S/C9H12N2O4/c12-7-3-1-5-10(7)9(14)15-11-6-2-4-8(11)13/h1-6H2. The fourth-order valence-corrected chi connectivity index (χ4v) is 1.70. The SMILES string of the molecule is O=C1CCCN1OC(=O)N1CCCC1=O. The first kappa shape index (κ1) is 9.95. The van der Waals surface area contributed by atoms with Gasteiger partial charge in [0.25, 0.3) is 5.91 Å². The molecule has 0 saturated carbocycles. The summed E-state index contributed by atoms with van der Waals surface area (Å²) in [6.07, 6.45) is 1.42. The van der Waals surface area contributed by atoms with Crippen LogP contribution >= 0.6 is 0 Å². The Kier molecular flexibility index (Phi) is 2.57. The predicted octanol–water partition coefficient (Wildman–Crippen LogP) is 0.283. The lowest BCUT2D eigenvalue weighted by Gasteiger charge is -2.18. The topological polar surface area (TPSA) is 66.9 Å². The summed E-state index contributed by atoms with van der Waals surface area (Å²) in [6.45, 7) is 0.812. The minimum atomic E-state index is -0.729. The normalized spacial score (nSPS) is 21.3. The number of rotatable bonds is 1. The molecule has 2 fully saturated rings. The molecule has 0 spiro atoms. The maximum Gasteiger partial charge on any atom is 0.441 e. The van der Waals surface area contributed by atoms with Crippen LogP contribution in [0.2, 0.25) is 0 Å². The van der Waals surface area contributed by atoms with E-state index >= 15 is 0 Å². The van der Waals surface area contributed by atoms with Crippen LogP contribution in [0.3, 0.4) is 0 Å². The van der Waals surface area contributed by atoms with Gasteiger partial charge in [-0.15, -0.1) is 0 Å². The Morgan fingerprint density at radius 1 is 1.07 bits per heavy atom. The highest BCUT2D eigenvalue weighted by molar-refractivity contribution is 5.93. The molecular weight excluding hydrogens is 200 g/mol. The zero-order chi connectivity index (χ0) is 10.8. The predicted molar refractivity (Wildman–Crippen MR) is 48.4 cm³/mol. The zero-order valence-electron chi connectivity index (χ0n) is 8.27. The van der Waals surface area contributed by atoms with Crippen LogP contribution < -0.4 is 0 Å². The van der Waals surface area contributed by atoms with Crippen LogP contribution in [0.25, 0.3) is 0 Å². The molecule has 2 aliphatic heterocycles. The van der Waals surface area contributed by atoms with E-state index in [4.69, 9.17) is 4.84 Å². The second-order valence-corrected chi connectivity index (χ2v) is 3.61. The molecule has 6 nitrogen and oxygen atoms in total. The van der Waals surface area contributed by atoms with Gasteiger partial charge >= 0.3 is 6.09 Å². The largest absolute Gasteiger partial charge is 0.441 e. The molecule has 0 radical (unpaired) electrons. The van der Waals surface area contributed by atoms with E-state index in [1.807, 2.05) is 0 Å². The van der Waals surface area contributed by atoms with Crippen molar-refractivity contribution in [3.63, 3.8) is 0 Å². The molecule has 0 unspecified atom stereocenters. The zero-order valence-corrected chi connectivity index (χ0v) is 8.27. The van der Waals surface area contributed by atoms with Gasteiger partial charge < -0.3 is 4.84 Å². The highest BCUT2D eigenvalue weighted by Gasteiger charge is 2.32. The smallest absolute Gasteiger partial charge is 0.318 e. The molecule has 2 saturated heterocycles. The van der Waals surface area contributed by atoms with Crippen molar-refractivity contribution >= 4 is 17.9 Å². The third-order valence-corrected chi connectivity index (χ3v) is 2.51. The van der Waals surface area contributed by atoms with Crippen LogP contribution in [0, 0.1) is 0 Å². The monoisotopic (exact) mass is 212 g/mol. The van der Waals surface area contributed by atoms with Crippen molar-refractivity contribution in [1.82, 2.24) is 9.96 Å². The molecular formula is C9H12N2O4. The van der Waals surface area contributed by atoms with Gasteiger partial charge in [-0.1, -0.05) is 0 Å². The van der Waals surface area contributed by atoms with Gasteiger partial charge in [-0.05, 0) is 12.8 Å². The Bertz CT molecular complexity index is 315. The molecule has 2 rings (SSSR count). The van der Waals surface area contributed by atoms with Crippen molar-refractivity contribution in [2.24, 2.45) is 0 Å². The highest BCUT2D eigenvalue weighted by Crippen LogP contribution is 2.15. The van der Waals surface area contributed by atoms with Gasteiger partial charge in [0.2, 0.25) is 5.91 Å². The number of likely N-dealkylation sites (tertiary alicyclic amines) is 1. The third kappa shape index (κ3) is 1.93. The molecule has 0 N–H and O–H groups in total. The summed E-state index contributed by atoms with van der Waals surface area (Å²) in [5.74, 6) is -0.429. The Hall–Kier alpha value is -1.59. The van der Waals surface area contributed by atoms with Crippen LogP contribution in [-0.2, 0) is 14.4 Å². The highest BCUT2D eigenvalue weighted by atomic mass is 16.7. The van der Waals surface area contributed by atoms with Crippen LogP contribution in [0.5, 0.6) is 0 Å². The summed E-state index contributed by atoms with van der Waals surface area (Å²) in [5.41, 5.74) is 0. The van der Waals surface area contributed by atoms with E-state index in [0.717, 1.165) is 9.96 Å². The molecule has 0 aliphatic carbocycles. The summed E-state index contributed by atoms with van der Waals surface area (Å²) in [4.78, 5) is 39.7. The number of hydrogen-bond acceptors (Lipinski definition) is 4. The Morgan fingerprint density at radius 3 is 2.27 bits per heavy atom. The lowest BCUT2D eigenvalue weighted by atomic mass is 10.4. The molecule has 3 amide bonds. The number of carbonyl (C=O) groups is 3. The Balaban J connectivity index is 1.91. The van der Waals surface area contributed by atoms with Crippen LogP contribution in [0.4, 0.5) is 4.79 Å². The van der Waals surface area contributed by atoms with Crippen molar-refractivity contribution in [1.29, 1.82) is 0 Å². The molecule has 0 bridgehead atoms. The molecule has 6 heteroatoms. The molecule has 0 aromatic rings. The fraction of sp³-hybridized carbons (Fsp3) is 0.667. The first-order valence-corrected chi connectivity index (χ1v) is 5.01. The van der Waals surface area contributed by atoms with E-state index in [0.29, 0.717) is 38.8 Å². The minimum Gasteiger partial charge on any atom is -0.318 e. The first-order chi connectivity index (χ1) is 7.18. The molecule has 0 aromatic carbocycles. The van der Waals surface area contributed by atoms with E-state index in [2.05, 4.69) is 0 Å². The summed E-state index contributed by atoms with van der Waals surface area (Å²) < 4.78 is 0. The van der Waals surface area contributed by atoms with Gasteiger partial charge in [0, 0.05) is 19.4 Å². The van der Waals surface area contributed by atoms with E-state index in [9.17, 15) is 14.4 Å². The lowest BCUT2D eigenvalue weighted by Crippen LogP contribution is -2.38. The molecule has 0 aromatic heterocycles. The van der Waals surface area contributed by atoms with E-state index in [-0.39, 0.29) is 11.8 Å². The van der Waals surface area contributed by atoms with Gasteiger partial charge in [-0.3, -0.25) is 9.59 Å². The number of imide groups is 1. The average Bonchev–Trinajstić information content (AvgIpc) is 2.76. The van der Waals surface area contributed by atoms with Crippen molar-refractivity contribution < 1.29 is 19.2 Å². The number of carbonyl (C=O) groups excluding carboxylic acids is 3. The molecule has 82 valence electrons. The van der Waals surface area contributed by atoms with Crippen LogP contribution in [-0.4, -0.2) is 41.0 Å². The fourth-order valence-electron chi connectivity index (χ4n) is 1.70.